The maximum atomic E-state index is 12.5. The highest BCUT2D eigenvalue weighted by molar-refractivity contribution is 6.68. The minimum Gasteiger partial charge on any atom is -0.322 e. The molecule has 156 valence electrons. The second kappa shape index (κ2) is 10.4. The summed E-state index contributed by atoms with van der Waals surface area (Å²) in [6, 6.07) is 10.4. The van der Waals surface area contributed by atoms with E-state index in [4.69, 9.17) is 34.8 Å². The number of hydrogen-bond donors (Lipinski definition) is 1. The Labute approximate surface area is 183 Å². The van der Waals surface area contributed by atoms with E-state index in [1.165, 1.54) is 42.7 Å². The van der Waals surface area contributed by atoms with E-state index in [0.717, 1.165) is 12.1 Å². The van der Waals surface area contributed by atoms with Crippen LogP contribution >= 0.6 is 34.8 Å². The van der Waals surface area contributed by atoms with Crippen molar-refractivity contribution in [2.24, 2.45) is 0 Å². The van der Waals surface area contributed by atoms with Gasteiger partial charge in [-0.15, -0.1) is 0 Å². The van der Waals surface area contributed by atoms with Crippen molar-refractivity contribution in [3.8, 4) is 0 Å². The number of carbonyl (C=O) groups excluding carboxylic acids is 2. The molecule has 0 aliphatic carbocycles. The topological polar surface area (TPSA) is 72.0 Å². The number of nitrogens with one attached hydrogen (secondary N) is 1. The summed E-state index contributed by atoms with van der Waals surface area (Å²) in [5, 5.41) is 1.89. The molecule has 1 N–H and O–H groups in total. The van der Waals surface area contributed by atoms with Crippen molar-refractivity contribution in [3.05, 3.63) is 87.9 Å². The van der Waals surface area contributed by atoms with Crippen LogP contribution in [0, 0.1) is 0 Å². The summed E-state index contributed by atoms with van der Waals surface area (Å²) in [5.74, 6) is -0.623. The SMILES string of the molecule is O=C(Cl)c1cccnc1Cl.O=C(Nc1cccc(C(F)(F)F)c1)c1cccnc1Cl. The second-order valence-corrected chi connectivity index (χ2v) is 6.55. The molecular formula is C19H11Cl3F3N3O2. The lowest BCUT2D eigenvalue weighted by atomic mass is 10.2. The van der Waals surface area contributed by atoms with Gasteiger partial charge in [0.1, 0.15) is 10.3 Å². The van der Waals surface area contributed by atoms with Crippen LogP contribution in [0.15, 0.2) is 60.9 Å². The van der Waals surface area contributed by atoms with Crippen LogP contribution in [0.3, 0.4) is 0 Å². The number of rotatable bonds is 3. The third-order valence-electron chi connectivity index (χ3n) is 3.42. The number of carbonyl (C=O) groups is 2. The monoisotopic (exact) mass is 475 g/mol. The van der Waals surface area contributed by atoms with E-state index in [1.807, 2.05) is 0 Å². The van der Waals surface area contributed by atoms with Crippen LogP contribution in [0.25, 0.3) is 0 Å². The lowest BCUT2D eigenvalue weighted by Gasteiger charge is -2.10. The normalized spacial score (nSPS) is 10.6. The molecule has 2 aromatic heterocycles. The molecule has 3 rings (SSSR count). The molecule has 0 atom stereocenters. The van der Waals surface area contributed by atoms with Crippen LogP contribution in [0.5, 0.6) is 0 Å². The Kier molecular flexibility index (Phi) is 8.16. The lowest BCUT2D eigenvalue weighted by Crippen LogP contribution is -2.14. The summed E-state index contributed by atoms with van der Waals surface area (Å²) >= 11 is 16.4. The third-order valence-corrected chi connectivity index (χ3v) is 4.23. The average Bonchev–Trinajstić information content (AvgIpc) is 2.68. The Morgan fingerprint density at radius 1 is 0.867 bits per heavy atom. The number of nitrogens with zero attached hydrogens (tertiary/aromatic N) is 2. The zero-order valence-electron chi connectivity index (χ0n) is 14.8. The largest absolute Gasteiger partial charge is 0.416 e. The molecule has 1 amide bonds. The highest BCUT2D eigenvalue weighted by atomic mass is 35.5. The van der Waals surface area contributed by atoms with Gasteiger partial charge in [0.2, 0.25) is 0 Å². The molecule has 0 unspecified atom stereocenters. The number of alkyl halides is 3. The number of anilines is 1. The van der Waals surface area contributed by atoms with E-state index in [1.54, 1.807) is 6.07 Å². The molecule has 0 bridgehead atoms. The van der Waals surface area contributed by atoms with Gasteiger partial charge in [-0.25, -0.2) is 9.97 Å². The molecule has 0 spiro atoms. The van der Waals surface area contributed by atoms with Crippen LogP contribution in [0.2, 0.25) is 10.3 Å². The van der Waals surface area contributed by atoms with E-state index in [2.05, 4.69) is 15.3 Å². The summed E-state index contributed by atoms with van der Waals surface area (Å²) in [6.07, 6.45) is -1.57. The van der Waals surface area contributed by atoms with E-state index >= 15 is 0 Å². The van der Waals surface area contributed by atoms with Gasteiger partial charge in [-0.05, 0) is 54.1 Å². The quantitative estimate of drug-likeness (QED) is 0.365. The van der Waals surface area contributed by atoms with Gasteiger partial charge in [0, 0.05) is 18.1 Å². The molecular weight excluding hydrogens is 466 g/mol. The molecule has 5 nitrogen and oxygen atoms in total. The molecule has 3 aromatic rings. The molecule has 0 radical (unpaired) electrons. The fourth-order valence-electron chi connectivity index (χ4n) is 2.06. The Morgan fingerprint density at radius 2 is 1.43 bits per heavy atom. The molecule has 2 heterocycles. The van der Waals surface area contributed by atoms with Crippen molar-refractivity contribution in [1.82, 2.24) is 9.97 Å². The molecule has 11 heteroatoms. The molecule has 0 saturated carbocycles. The Bertz CT molecular complexity index is 1060. The van der Waals surface area contributed by atoms with E-state index < -0.39 is 22.9 Å². The molecule has 0 fully saturated rings. The lowest BCUT2D eigenvalue weighted by molar-refractivity contribution is -0.137. The van der Waals surface area contributed by atoms with Crippen LogP contribution < -0.4 is 5.32 Å². The van der Waals surface area contributed by atoms with Crippen LogP contribution in [-0.4, -0.2) is 21.1 Å². The van der Waals surface area contributed by atoms with Crippen molar-refractivity contribution in [1.29, 1.82) is 0 Å². The van der Waals surface area contributed by atoms with Crippen LogP contribution in [0.4, 0.5) is 18.9 Å². The summed E-state index contributed by atoms with van der Waals surface area (Å²) in [4.78, 5) is 29.8. The second-order valence-electron chi connectivity index (χ2n) is 5.49. The summed E-state index contributed by atoms with van der Waals surface area (Å²) in [7, 11) is 0. The first-order chi connectivity index (χ1) is 14.1. The first kappa shape index (κ1) is 23.6. The van der Waals surface area contributed by atoms with Gasteiger partial charge in [0.05, 0.1) is 16.7 Å². The maximum absolute atomic E-state index is 12.5. The maximum Gasteiger partial charge on any atom is 0.416 e. The first-order valence-corrected chi connectivity index (χ1v) is 9.12. The van der Waals surface area contributed by atoms with Crippen LogP contribution in [-0.2, 0) is 6.18 Å². The molecule has 0 aliphatic rings. The van der Waals surface area contributed by atoms with Gasteiger partial charge in [-0.3, -0.25) is 9.59 Å². The van der Waals surface area contributed by atoms with Crippen molar-refractivity contribution < 1.29 is 22.8 Å². The summed E-state index contributed by atoms with van der Waals surface area (Å²) < 4.78 is 37.6. The van der Waals surface area contributed by atoms with Crippen molar-refractivity contribution >= 4 is 51.6 Å². The van der Waals surface area contributed by atoms with E-state index in [9.17, 15) is 22.8 Å². The molecule has 0 aliphatic heterocycles. The van der Waals surface area contributed by atoms with Gasteiger partial charge < -0.3 is 5.32 Å². The number of amides is 1. The average molecular weight is 477 g/mol. The Morgan fingerprint density at radius 3 is 1.90 bits per heavy atom. The number of aromatic nitrogens is 2. The molecule has 0 saturated heterocycles. The Balaban J connectivity index is 0.000000269. The minimum absolute atomic E-state index is 0.0167. The van der Waals surface area contributed by atoms with Gasteiger partial charge in [0.15, 0.2) is 0 Å². The fraction of sp³-hybridized carbons (Fsp3) is 0.0526. The van der Waals surface area contributed by atoms with Gasteiger partial charge >= 0.3 is 6.18 Å². The van der Waals surface area contributed by atoms with E-state index in [-0.39, 0.29) is 27.1 Å². The third kappa shape index (κ3) is 6.69. The van der Waals surface area contributed by atoms with Crippen molar-refractivity contribution in [2.75, 3.05) is 5.32 Å². The van der Waals surface area contributed by atoms with Crippen LogP contribution in [0.1, 0.15) is 26.3 Å². The Hall–Kier alpha value is -2.68. The van der Waals surface area contributed by atoms with Gasteiger partial charge in [-0.1, -0.05) is 29.3 Å². The highest BCUT2D eigenvalue weighted by Crippen LogP contribution is 2.30. The number of hydrogen-bond acceptors (Lipinski definition) is 4. The van der Waals surface area contributed by atoms with Crippen molar-refractivity contribution in [2.45, 2.75) is 6.18 Å². The summed E-state index contributed by atoms with van der Waals surface area (Å²) in [5.41, 5.74) is -0.477. The number of halogens is 6. The first-order valence-electron chi connectivity index (χ1n) is 7.99. The molecule has 1 aromatic carbocycles. The van der Waals surface area contributed by atoms with Gasteiger partial charge in [-0.2, -0.15) is 13.2 Å². The number of benzene rings is 1. The predicted octanol–water partition coefficient (Wildman–Crippen LogP) is 6.12. The summed E-state index contributed by atoms with van der Waals surface area (Å²) in [6.45, 7) is 0. The molecule has 30 heavy (non-hydrogen) atoms. The predicted molar refractivity (Wildman–Crippen MR) is 108 cm³/mol. The standard InChI is InChI=1S/C13H8ClF3N2O.C6H3Cl2NO/c14-11-10(5-2-6-18-11)12(20)19-9-4-1-3-8(7-9)13(15,16)17;7-5-4(6(8)10)2-1-3-9-5/h1-7H,(H,19,20);1-3H. The minimum atomic E-state index is -4.47. The smallest absolute Gasteiger partial charge is 0.322 e. The number of pyridine rings is 2. The van der Waals surface area contributed by atoms with Crippen molar-refractivity contribution in [3.63, 3.8) is 0 Å². The fourth-order valence-corrected chi connectivity index (χ4v) is 2.67. The zero-order chi connectivity index (χ0) is 22.3. The zero-order valence-corrected chi connectivity index (χ0v) is 17.0. The highest BCUT2D eigenvalue weighted by Gasteiger charge is 2.30. The van der Waals surface area contributed by atoms with Gasteiger partial charge in [0.25, 0.3) is 11.1 Å². The van der Waals surface area contributed by atoms with E-state index in [0.29, 0.717) is 0 Å².